The Morgan fingerprint density at radius 2 is 1.83 bits per heavy atom. The molecule has 0 bridgehead atoms. The summed E-state index contributed by atoms with van der Waals surface area (Å²) in [5, 5.41) is 0.492. The van der Waals surface area contributed by atoms with Crippen molar-refractivity contribution in [2.45, 2.75) is 11.8 Å². The van der Waals surface area contributed by atoms with Gasteiger partial charge in [0.05, 0.1) is 16.8 Å². The molecular weight excluding hydrogens is 272 g/mol. The van der Waals surface area contributed by atoms with E-state index in [4.69, 9.17) is 11.6 Å². The normalized spacial score (nSPS) is 11.2. The molecule has 94 valence electrons. The first-order valence-electron chi connectivity index (χ1n) is 5.17. The van der Waals surface area contributed by atoms with Gasteiger partial charge in [0.25, 0.3) is 10.0 Å². The molecule has 1 aromatic carbocycles. The summed E-state index contributed by atoms with van der Waals surface area (Å²) in [7, 11) is -3.60. The molecule has 0 spiro atoms. The molecule has 0 unspecified atom stereocenters. The van der Waals surface area contributed by atoms with Crippen LogP contribution in [0, 0.1) is 6.92 Å². The highest BCUT2D eigenvalue weighted by Gasteiger charge is 2.13. The summed E-state index contributed by atoms with van der Waals surface area (Å²) in [5.74, 6) is 0. The molecule has 0 aliphatic heterocycles. The summed E-state index contributed by atoms with van der Waals surface area (Å²) in [6, 6.07) is 7.68. The second-order valence-electron chi connectivity index (χ2n) is 3.81. The van der Waals surface area contributed by atoms with E-state index in [-0.39, 0.29) is 4.90 Å². The number of sulfonamides is 1. The zero-order valence-electron chi connectivity index (χ0n) is 9.59. The predicted octanol–water partition coefficient (Wildman–Crippen LogP) is 2.84. The number of aromatic nitrogens is 1. The molecule has 0 saturated carbocycles. The molecule has 0 radical (unpaired) electrons. The average Bonchev–Trinajstić information content (AvgIpc) is 2.29. The van der Waals surface area contributed by atoms with E-state index in [0.29, 0.717) is 10.7 Å². The number of nitrogens with one attached hydrogen (secondary N) is 1. The number of rotatable bonds is 3. The van der Waals surface area contributed by atoms with E-state index in [1.807, 2.05) is 6.92 Å². The lowest BCUT2D eigenvalue weighted by Crippen LogP contribution is -2.13. The molecule has 6 heteroatoms. The third-order valence-corrected chi connectivity index (χ3v) is 3.90. The van der Waals surface area contributed by atoms with Crippen LogP contribution >= 0.6 is 11.6 Å². The number of halogens is 1. The summed E-state index contributed by atoms with van der Waals surface area (Å²) in [5.41, 5.74) is 1.32. The summed E-state index contributed by atoms with van der Waals surface area (Å²) in [6.45, 7) is 1.84. The maximum atomic E-state index is 12.0. The topological polar surface area (TPSA) is 59.1 Å². The van der Waals surface area contributed by atoms with Crippen molar-refractivity contribution >= 4 is 27.3 Å². The van der Waals surface area contributed by atoms with E-state index in [2.05, 4.69) is 9.71 Å². The fourth-order valence-corrected chi connectivity index (χ4v) is 2.60. The van der Waals surface area contributed by atoms with Crippen molar-refractivity contribution in [3.8, 4) is 0 Å². The molecule has 0 aliphatic carbocycles. The Morgan fingerprint density at radius 1 is 1.17 bits per heavy atom. The molecular formula is C12H11ClN2O2S. The van der Waals surface area contributed by atoms with Gasteiger partial charge in [0, 0.05) is 11.2 Å². The van der Waals surface area contributed by atoms with E-state index >= 15 is 0 Å². The van der Waals surface area contributed by atoms with Crippen molar-refractivity contribution in [3.63, 3.8) is 0 Å². The van der Waals surface area contributed by atoms with Crippen LogP contribution in [0.15, 0.2) is 47.6 Å². The van der Waals surface area contributed by atoms with Gasteiger partial charge in [-0.15, -0.1) is 0 Å². The van der Waals surface area contributed by atoms with Crippen LogP contribution in [0.4, 0.5) is 5.69 Å². The first kappa shape index (κ1) is 12.9. The lowest BCUT2D eigenvalue weighted by Gasteiger charge is -2.08. The Kier molecular flexibility index (Phi) is 3.54. The molecule has 2 rings (SSSR count). The van der Waals surface area contributed by atoms with Crippen LogP contribution in [-0.4, -0.2) is 13.4 Å². The van der Waals surface area contributed by atoms with Crippen LogP contribution in [0.25, 0.3) is 0 Å². The lowest BCUT2D eigenvalue weighted by atomic mass is 10.3. The maximum Gasteiger partial charge on any atom is 0.261 e. The van der Waals surface area contributed by atoms with Crippen molar-refractivity contribution in [1.29, 1.82) is 0 Å². The number of hydrogen-bond acceptors (Lipinski definition) is 3. The zero-order valence-corrected chi connectivity index (χ0v) is 11.2. The third-order valence-electron chi connectivity index (χ3n) is 2.25. The minimum Gasteiger partial charge on any atom is -0.278 e. The number of pyridine rings is 1. The predicted molar refractivity (Wildman–Crippen MR) is 71.2 cm³/mol. The molecule has 0 fully saturated rings. The van der Waals surface area contributed by atoms with Gasteiger partial charge in [0.15, 0.2) is 0 Å². The van der Waals surface area contributed by atoms with Crippen molar-refractivity contribution in [1.82, 2.24) is 4.98 Å². The Balaban J connectivity index is 2.30. The van der Waals surface area contributed by atoms with E-state index in [1.54, 1.807) is 12.3 Å². The van der Waals surface area contributed by atoms with E-state index in [1.165, 1.54) is 30.5 Å². The largest absolute Gasteiger partial charge is 0.278 e. The van der Waals surface area contributed by atoms with E-state index < -0.39 is 10.0 Å². The van der Waals surface area contributed by atoms with Crippen LogP contribution in [-0.2, 0) is 10.0 Å². The summed E-state index contributed by atoms with van der Waals surface area (Å²) in [6.07, 6.45) is 3.11. The molecule has 1 aromatic heterocycles. The lowest BCUT2D eigenvalue weighted by molar-refractivity contribution is 0.601. The van der Waals surface area contributed by atoms with Gasteiger partial charge in [-0.2, -0.15) is 0 Å². The SMILES string of the molecule is Cc1cncc(NS(=O)(=O)c2ccc(Cl)cc2)c1. The van der Waals surface area contributed by atoms with Crippen molar-refractivity contribution < 1.29 is 8.42 Å². The van der Waals surface area contributed by atoms with Gasteiger partial charge in [0.1, 0.15) is 0 Å². The Hall–Kier alpha value is -1.59. The Morgan fingerprint density at radius 3 is 2.44 bits per heavy atom. The minimum absolute atomic E-state index is 0.161. The molecule has 0 atom stereocenters. The number of aryl methyl sites for hydroxylation is 1. The summed E-state index contributed by atoms with van der Waals surface area (Å²) < 4.78 is 26.5. The van der Waals surface area contributed by atoms with Gasteiger partial charge in [0.2, 0.25) is 0 Å². The highest BCUT2D eigenvalue weighted by molar-refractivity contribution is 7.92. The summed E-state index contributed by atoms with van der Waals surface area (Å²) >= 11 is 5.72. The van der Waals surface area contributed by atoms with Crippen molar-refractivity contribution in [2.75, 3.05) is 4.72 Å². The van der Waals surface area contributed by atoms with Crippen LogP contribution in [0.2, 0.25) is 5.02 Å². The van der Waals surface area contributed by atoms with Gasteiger partial charge in [-0.3, -0.25) is 9.71 Å². The second-order valence-corrected chi connectivity index (χ2v) is 5.93. The van der Waals surface area contributed by atoms with Gasteiger partial charge >= 0.3 is 0 Å². The van der Waals surface area contributed by atoms with Crippen LogP contribution < -0.4 is 4.72 Å². The molecule has 18 heavy (non-hydrogen) atoms. The highest BCUT2D eigenvalue weighted by atomic mass is 35.5. The molecule has 4 nitrogen and oxygen atoms in total. The molecule has 0 aliphatic rings. The second kappa shape index (κ2) is 4.96. The summed E-state index contributed by atoms with van der Waals surface area (Å²) in [4.78, 5) is 4.09. The number of anilines is 1. The molecule has 1 heterocycles. The van der Waals surface area contributed by atoms with Gasteiger partial charge in [-0.1, -0.05) is 11.6 Å². The van der Waals surface area contributed by atoms with Crippen LogP contribution in [0.5, 0.6) is 0 Å². The maximum absolute atomic E-state index is 12.0. The average molecular weight is 283 g/mol. The number of hydrogen-bond donors (Lipinski definition) is 1. The zero-order chi connectivity index (χ0) is 13.2. The van der Waals surface area contributed by atoms with E-state index in [9.17, 15) is 8.42 Å². The van der Waals surface area contributed by atoms with Crippen molar-refractivity contribution in [2.24, 2.45) is 0 Å². The van der Waals surface area contributed by atoms with Crippen molar-refractivity contribution in [3.05, 3.63) is 53.3 Å². The molecule has 2 aromatic rings. The number of nitrogens with zero attached hydrogens (tertiary/aromatic N) is 1. The van der Waals surface area contributed by atoms with Gasteiger partial charge < -0.3 is 0 Å². The van der Waals surface area contributed by atoms with Crippen LogP contribution in [0.3, 0.4) is 0 Å². The molecule has 1 N–H and O–H groups in total. The van der Waals surface area contributed by atoms with Crippen LogP contribution in [0.1, 0.15) is 5.56 Å². The first-order chi connectivity index (χ1) is 8.47. The number of benzene rings is 1. The van der Waals surface area contributed by atoms with Gasteiger partial charge in [-0.25, -0.2) is 8.42 Å². The highest BCUT2D eigenvalue weighted by Crippen LogP contribution is 2.18. The first-order valence-corrected chi connectivity index (χ1v) is 7.03. The monoisotopic (exact) mass is 282 g/mol. The smallest absolute Gasteiger partial charge is 0.261 e. The Labute approximate surface area is 111 Å². The minimum atomic E-state index is -3.60. The fraction of sp³-hybridized carbons (Fsp3) is 0.0833. The standard InChI is InChI=1S/C12H11ClN2O2S/c1-9-6-11(8-14-7-9)15-18(16,17)12-4-2-10(13)3-5-12/h2-8,15H,1H3. The van der Waals surface area contributed by atoms with Gasteiger partial charge in [-0.05, 0) is 42.8 Å². The third kappa shape index (κ3) is 3.00. The molecule has 0 saturated heterocycles. The quantitative estimate of drug-likeness (QED) is 0.942. The Bertz CT molecular complexity index is 654. The molecule has 0 amide bonds. The fourth-order valence-electron chi connectivity index (χ4n) is 1.44. The van der Waals surface area contributed by atoms with E-state index in [0.717, 1.165) is 5.56 Å².